The third-order valence-electron chi connectivity index (χ3n) is 2.91. The van der Waals surface area contributed by atoms with Crippen molar-refractivity contribution >= 4 is 20.6 Å². The molecule has 0 aromatic heterocycles. The van der Waals surface area contributed by atoms with Crippen LogP contribution in [-0.2, 0) is 16.4 Å². The van der Waals surface area contributed by atoms with Gasteiger partial charge in [0.25, 0.3) is 0 Å². The van der Waals surface area contributed by atoms with Crippen molar-refractivity contribution in [1.82, 2.24) is 0 Å². The van der Waals surface area contributed by atoms with Crippen molar-refractivity contribution in [2.75, 3.05) is 5.75 Å². The van der Waals surface area contributed by atoms with Gasteiger partial charge in [-0.15, -0.1) is 0 Å². The molecule has 2 aromatic carbocycles. The number of sulfone groups is 1. The number of rotatable bonds is 3. The number of nitrogens with two attached hydrogens (primary N) is 1. The molecule has 0 aliphatic heterocycles. The molecule has 2 N–H and O–H groups in total. The first kappa shape index (κ1) is 12.1. The fourth-order valence-corrected chi connectivity index (χ4v) is 3.04. The molecule has 3 nitrogen and oxygen atoms in total. The van der Waals surface area contributed by atoms with E-state index in [-0.39, 0.29) is 5.75 Å². The van der Waals surface area contributed by atoms with Crippen molar-refractivity contribution in [2.24, 2.45) is 5.73 Å². The minimum absolute atomic E-state index is 0.110. The second-order valence-electron chi connectivity index (χ2n) is 3.88. The molecule has 0 atom stereocenters. The molecule has 90 valence electrons. The first-order valence-electron chi connectivity index (χ1n) is 5.53. The van der Waals surface area contributed by atoms with Gasteiger partial charge in [-0.05, 0) is 17.0 Å². The predicted molar refractivity (Wildman–Crippen MR) is 69.6 cm³/mol. The van der Waals surface area contributed by atoms with Crippen molar-refractivity contribution in [3.63, 3.8) is 0 Å². The molecule has 0 saturated carbocycles. The maximum atomic E-state index is 12.0. The molecular weight excluding hydrogens is 234 g/mol. The Kier molecular flexibility index (Phi) is 3.17. The van der Waals surface area contributed by atoms with E-state index in [0.717, 1.165) is 16.3 Å². The number of benzene rings is 2. The molecule has 2 rings (SSSR count). The van der Waals surface area contributed by atoms with Crippen molar-refractivity contribution in [3.05, 3.63) is 42.0 Å². The lowest BCUT2D eigenvalue weighted by atomic mass is 10.0. The van der Waals surface area contributed by atoms with Crippen molar-refractivity contribution in [3.8, 4) is 0 Å². The van der Waals surface area contributed by atoms with Gasteiger partial charge < -0.3 is 5.73 Å². The molecule has 17 heavy (non-hydrogen) atoms. The first-order chi connectivity index (χ1) is 8.10. The van der Waals surface area contributed by atoms with Gasteiger partial charge in [0.1, 0.15) is 0 Å². The largest absolute Gasteiger partial charge is 0.326 e. The Balaban J connectivity index is 2.85. The molecule has 2 aromatic rings. The second-order valence-corrected chi connectivity index (χ2v) is 6.12. The molecule has 4 heteroatoms. The molecule has 0 unspecified atom stereocenters. The van der Waals surface area contributed by atoms with Crippen LogP contribution in [-0.4, -0.2) is 14.2 Å². The van der Waals surface area contributed by atoms with Gasteiger partial charge in [-0.2, -0.15) is 0 Å². The van der Waals surface area contributed by atoms with Crippen LogP contribution in [0, 0.1) is 0 Å². The molecule has 0 spiro atoms. The summed E-state index contributed by atoms with van der Waals surface area (Å²) in [5.41, 5.74) is 6.63. The van der Waals surface area contributed by atoms with E-state index in [4.69, 9.17) is 5.73 Å². The highest BCUT2D eigenvalue weighted by Gasteiger charge is 2.15. The summed E-state index contributed by atoms with van der Waals surface area (Å²) in [6.07, 6.45) is 0. The summed E-state index contributed by atoms with van der Waals surface area (Å²) in [5, 5.41) is 1.68. The third kappa shape index (κ3) is 2.06. The Morgan fingerprint density at radius 1 is 1.06 bits per heavy atom. The van der Waals surface area contributed by atoms with E-state index in [9.17, 15) is 8.42 Å². The minimum atomic E-state index is -3.19. The molecule has 0 heterocycles. The lowest BCUT2D eigenvalue weighted by molar-refractivity contribution is 0.598. The third-order valence-corrected chi connectivity index (χ3v) is 4.70. The standard InChI is InChI=1S/C13H15NO2S/c1-2-17(15,16)13-8-7-10(9-14)11-5-3-4-6-12(11)13/h3-8H,2,9,14H2,1H3. The van der Waals surface area contributed by atoms with E-state index in [2.05, 4.69) is 0 Å². The van der Waals surface area contributed by atoms with Crippen LogP contribution >= 0.6 is 0 Å². The predicted octanol–water partition coefficient (Wildman–Crippen LogP) is 2.09. The van der Waals surface area contributed by atoms with Gasteiger partial charge in [-0.25, -0.2) is 8.42 Å². The summed E-state index contributed by atoms with van der Waals surface area (Å²) in [6.45, 7) is 2.06. The van der Waals surface area contributed by atoms with E-state index in [1.165, 1.54) is 0 Å². The van der Waals surface area contributed by atoms with Crippen LogP contribution in [0.3, 0.4) is 0 Å². The zero-order chi connectivity index (χ0) is 12.5. The highest BCUT2D eigenvalue weighted by Crippen LogP contribution is 2.26. The molecule has 0 amide bonds. The van der Waals surface area contributed by atoms with E-state index >= 15 is 0 Å². The summed E-state index contributed by atoms with van der Waals surface area (Å²) >= 11 is 0. The highest BCUT2D eigenvalue weighted by molar-refractivity contribution is 7.91. The number of hydrogen-bond donors (Lipinski definition) is 1. The first-order valence-corrected chi connectivity index (χ1v) is 7.19. The molecule has 0 radical (unpaired) electrons. The topological polar surface area (TPSA) is 60.2 Å². The van der Waals surface area contributed by atoms with E-state index in [1.807, 2.05) is 24.3 Å². The van der Waals surface area contributed by atoms with Crippen LogP contribution in [0.15, 0.2) is 41.3 Å². The lowest BCUT2D eigenvalue weighted by Gasteiger charge is -2.09. The SMILES string of the molecule is CCS(=O)(=O)c1ccc(CN)c2ccccc12. The quantitative estimate of drug-likeness (QED) is 0.906. The van der Waals surface area contributed by atoms with Crippen molar-refractivity contribution < 1.29 is 8.42 Å². The van der Waals surface area contributed by atoms with Gasteiger partial charge in [0.05, 0.1) is 10.6 Å². The maximum absolute atomic E-state index is 12.0. The minimum Gasteiger partial charge on any atom is -0.326 e. The van der Waals surface area contributed by atoms with Crippen LogP contribution in [0.4, 0.5) is 0 Å². The zero-order valence-corrected chi connectivity index (χ0v) is 10.5. The molecule has 0 aliphatic rings. The monoisotopic (exact) mass is 249 g/mol. The van der Waals surface area contributed by atoms with Crippen molar-refractivity contribution in [2.45, 2.75) is 18.4 Å². The second kappa shape index (κ2) is 4.47. The summed E-state index contributed by atoms with van der Waals surface area (Å²) in [7, 11) is -3.19. The number of hydrogen-bond acceptors (Lipinski definition) is 3. The van der Waals surface area contributed by atoms with Crippen LogP contribution in [0.25, 0.3) is 10.8 Å². The van der Waals surface area contributed by atoms with E-state index in [0.29, 0.717) is 11.4 Å². The van der Waals surface area contributed by atoms with Crippen LogP contribution < -0.4 is 5.73 Å². The normalized spacial score (nSPS) is 11.9. The Labute approximate surface area is 101 Å². The fourth-order valence-electron chi connectivity index (χ4n) is 1.94. The summed E-state index contributed by atoms with van der Waals surface area (Å²) in [4.78, 5) is 0.396. The van der Waals surface area contributed by atoms with Crippen molar-refractivity contribution in [1.29, 1.82) is 0 Å². The number of fused-ring (bicyclic) bond motifs is 1. The molecule has 0 saturated heterocycles. The average molecular weight is 249 g/mol. The summed E-state index contributed by atoms with van der Waals surface area (Å²) < 4.78 is 24.0. The summed E-state index contributed by atoms with van der Waals surface area (Å²) in [6, 6.07) is 10.9. The van der Waals surface area contributed by atoms with E-state index in [1.54, 1.807) is 19.1 Å². The van der Waals surface area contributed by atoms with Gasteiger partial charge in [0, 0.05) is 11.9 Å². The molecule has 0 aliphatic carbocycles. The Morgan fingerprint density at radius 3 is 2.29 bits per heavy atom. The molecular formula is C13H15NO2S. The van der Waals surface area contributed by atoms with Gasteiger partial charge in [-0.1, -0.05) is 37.3 Å². The summed E-state index contributed by atoms with van der Waals surface area (Å²) in [5.74, 6) is 0.110. The average Bonchev–Trinajstić information content (AvgIpc) is 2.37. The molecule has 0 bridgehead atoms. The van der Waals surface area contributed by atoms with Crippen LogP contribution in [0.1, 0.15) is 12.5 Å². The lowest BCUT2D eigenvalue weighted by Crippen LogP contribution is -2.06. The zero-order valence-electron chi connectivity index (χ0n) is 9.68. The van der Waals surface area contributed by atoms with Crippen LogP contribution in [0.5, 0.6) is 0 Å². The Bertz CT molecular complexity index is 648. The Hall–Kier alpha value is -1.39. The maximum Gasteiger partial charge on any atom is 0.178 e. The Morgan fingerprint density at radius 2 is 1.71 bits per heavy atom. The van der Waals surface area contributed by atoms with Gasteiger partial charge in [0.15, 0.2) is 9.84 Å². The molecule has 0 fully saturated rings. The smallest absolute Gasteiger partial charge is 0.178 e. The van der Waals surface area contributed by atoms with Gasteiger partial charge >= 0.3 is 0 Å². The fraction of sp³-hybridized carbons (Fsp3) is 0.231. The highest BCUT2D eigenvalue weighted by atomic mass is 32.2. The van der Waals surface area contributed by atoms with Gasteiger partial charge in [0.2, 0.25) is 0 Å². The van der Waals surface area contributed by atoms with Gasteiger partial charge in [-0.3, -0.25) is 0 Å². The van der Waals surface area contributed by atoms with Crippen LogP contribution in [0.2, 0.25) is 0 Å². The van der Waals surface area contributed by atoms with E-state index < -0.39 is 9.84 Å².